The highest BCUT2D eigenvalue weighted by atomic mass is 28.3. The van der Waals surface area contributed by atoms with Gasteiger partial charge < -0.3 is 0 Å². The first-order valence-electron chi connectivity index (χ1n) is 5.72. The van der Waals surface area contributed by atoms with Crippen molar-refractivity contribution in [3.63, 3.8) is 0 Å². The van der Waals surface area contributed by atoms with E-state index in [1.165, 1.54) is 5.19 Å². The van der Waals surface area contributed by atoms with Crippen molar-refractivity contribution >= 4 is 19.0 Å². The van der Waals surface area contributed by atoms with Gasteiger partial charge in [-0.1, -0.05) is 68.2 Å². The molecule has 0 saturated heterocycles. The van der Waals surface area contributed by atoms with E-state index in [9.17, 15) is 4.79 Å². The Bertz CT molecular complexity index is 377. The molecule has 1 rings (SSSR count). The quantitative estimate of drug-likeness (QED) is 0.576. The van der Waals surface area contributed by atoms with Gasteiger partial charge in [0.15, 0.2) is 5.78 Å². The number of carbonyl (C=O) groups excluding carboxylic acids is 1. The summed E-state index contributed by atoms with van der Waals surface area (Å²) < 4.78 is 0. The van der Waals surface area contributed by atoms with E-state index in [-0.39, 0.29) is 11.7 Å². The third-order valence-electron chi connectivity index (χ3n) is 2.75. The molecule has 1 nitrogen and oxygen atoms in total. The van der Waals surface area contributed by atoms with Gasteiger partial charge in [0, 0.05) is 5.92 Å². The lowest BCUT2D eigenvalue weighted by molar-refractivity contribution is -0.117. The average Bonchev–Trinajstić information content (AvgIpc) is 2.27. The van der Waals surface area contributed by atoms with Crippen molar-refractivity contribution in [1.29, 1.82) is 0 Å². The second kappa shape index (κ2) is 5.26. The third kappa shape index (κ3) is 3.45. The van der Waals surface area contributed by atoms with Crippen molar-refractivity contribution in [3.05, 3.63) is 42.1 Å². The van der Waals surface area contributed by atoms with E-state index in [0.29, 0.717) is 0 Å². The average molecular weight is 232 g/mol. The highest BCUT2D eigenvalue weighted by Crippen LogP contribution is 2.06. The lowest BCUT2D eigenvalue weighted by Crippen LogP contribution is -2.39. The first-order chi connectivity index (χ1) is 7.43. The molecule has 0 aromatic heterocycles. The summed E-state index contributed by atoms with van der Waals surface area (Å²) in [4.78, 5) is 11.6. The zero-order valence-corrected chi connectivity index (χ0v) is 11.5. The fourth-order valence-corrected chi connectivity index (χ4v) is 3.27. The monoisotopic (exact) mass is 232 g/mol. The zero-order valence-electron chi connectivity index (χ0n) is 10.5. The molecule has 0 atom stereocenters. The number of carbonyl (C=O) groups is 1. The number of benzene rings is 1. The maximum atomic E-state index is 11.6. The summed E-state index contributed by atoms with van der Waals surface area (Å²) in [5.41, 5.74) is 2.13. The van der Waals surface area contributed by atoms with Crippen LogP contribution in [0.5, 0.6) is 0 Å². The molecule has 16 heavy (non-hydrogen) atoms. The van der Waals surface area contributed by atoms with Crippen LogP contribution >= 0.6 is 0 Å². The van der Waals surface area contributed by atoms with Crippen molar-refractivity contribution < 1.29 is 4.79 Å². The van der Waals surface area contributed by atoms with Gasteiger partial charge in [0.25, 0.3) is 0 Å². The van der Waals surface area contributed by atoms with E-state index in [1.54, 1.807) is 6.08 Å². The molecule has 1 aromatic carbocycles. The molecule has 0 spiro atoms. The second-order valence-corrected chi connectivity index (χ2v) is 9.33. The normalized spacial score (nSPS) is 12.3. The molecule has 0 aliphatic heterocycles. The van der Waals surface area contributed by atoms with Crippen LogP contribution in [-0.4, -0.2) is 13.9 Å². The van der Waals surface area contributed by atoms with Gasteiger partial charge in [-0.2, -0.15) is 0 Å². The van der Waals surface area contributed by atoms with Gasteiger partial charge in [0.2, 0.25) is 0 Å². The fraction of sp³-hybridized carbons (Fsp3) is 0.357. The Morgan fingerprint density at radius 2 is 1.75 bits per heavy atom. The van der Waals surface area contributed by atoms with Gasteiger partial charge in [0.1, 0.15) is 8.07 Å². The lowest BCUT2D eigenvalue weighted by Gasteiger charge is -2.18. The maximum absolute atomic E-state index is 11.6. The highest BCUT2D eigenvalue weighted by Gasteiger charge is 2.19. The van der Waals surface area contributed by atoms with Crippen LogP contribution < -0.4 is 5.19 Å². The molecule has 0 fully saturated rings. The van der Waals surface area contributed by atoms with E-state index in [0.717, 1.165) is 0 Å². The number of rotatable bonds is 4. The Kier molecular flexibility index (Phi) is 4.24. The standard InChI is InChI=1S/C14H20OSi/c1-12(2)14(15)10-11-16(3,4)13-8-6-5-7-9-13/h5-12H,1-4H3/b11-10+. The predicted molar refractivity (Wildman–Crippen MR) is 72.5 cm³/mol. The molecule has 0 amide bonds. The summed E-state index contributed by atoms with van der Waals surface area (Å²) in [6, 6.07) is 10.4. The highest BCUT2D eigenvalue weighted by molar-refractivity contribution is 6.94. The zero-order chi connectivity index (χ0) is 12.2. The van der Waals surface area contributed by atoms with Crippen LogP contribution in [0.2, 0.25) is 13.1 Å². The summed E-state index contributed by atoms with van der Waals surface area (Å²) in [5, 5.41) is 1.36. The number of ketones is 1. The lowest BCUT2D eigenvalue weighted by atomic mass is 10.1. The number of hydrogen-bond acceptors (Lipinski definition) is 1. The minimum absolute atomic E-state index is 0.0943. The summed E-state index contributed by atoms with van der Waals surface area (Å²) in [5.74, 6) is 0.313. The van der Waals surface area contributed by atoms with Gasteiger partial charge in [0.05, 0.1) is 0 Å². The number of allylic oxidation sites excluding steroid dienone is 1. The molecule has 0 heterocycles. The van der Waals surface area contributed by atoms with Crippen molar-refractivity contribution in [2.45, 2.75) is 26.9 Å². The third-order valence-corrected chi connectivity index (χ3v) is 5.57. The predicted octanol–water partition coefficient (Wildman–Crippen LogP) is 2.92. The largest absolute Gasteiger partial charge is 0.295 e. The van der Waals surface area contributed by atoms with Crippen molar-refractivity contribution in [1.82, 2.24) is 0 Å². The van der Waals surface area contributed by atoms with Crippen LogP contribution in [-0.2, 0) is 4.79 Å². The van der Waals surface area contributed by atoms with E-state index in [2.05, 4.69) is 43.1 Å². The second-order valence-electron chi connectivity index (χ2n) is 4.98. The van der Waals surface area contributed by atoms with E-state index in [4.69, 9.17) is 0 Å². The number of hydrogen-bond donors (Lipinski definition) is 0. The summed E-state index contributed by atoms with van der Waals surface area (Å²) in [6.45, 7) is 8.38. The minimum atomic E-state index is -1.59. The SMILES string of the molecule is CC(C)C(=O)/C=C/[Si](C)(C)c1ccccc1. The van der Waals surface area contributed by atoms with Crippen LogP contribution in [0, 0.1) is 5.92 Å². The molecule has 0 N–H and O–H groups in total. The molecule has 0 saturated carbocycles. The first kappa shape index (κ1) is 12.9. The van der Waals surface area contributed by atoms with Crippen LogP contribution in [0.25, 0.3) is 0 Å². The van der Waals surface area contributed by atoms with Gasteiger partial charge in [-0.25, -0.2) is 0 Å². The Balaban J connectivity index is 2.84. The molecule has 0 aliphatic rings. The van der Waals surface area contributed by atoms with Crippen LogP contribution in [0.3, 0.4) is 0 Å². The molecular weight excluding hydrogens is 212 g/mol. The molecule has 2 heteroatoms. The molecule has 86 valence electrons. The maximum Gasteiger partial charge on any atom is 0.157 e. The van der Waals surface area contributed by atoms with E-state index in [1.807, 2.05) is 19.9 Å². The van der Waals surface area contributed by atoms with Crippen molar-refractivity contribution in [2.75, 3.05) is 0 Å². The summed E-state index contributed by atoms with van der Waals surface area (Å²) >= 11 is 0. The minimum Gasteiger partial charge on any atom is -0.295 e. The van der Waals surface area contributed by atoms with Gasteiger partial charge in [-0.15, -0.1) is 0 Å². The Hall–Kier alpha value is -1.15. The van der Waals surface area contributed by atoms with Gasteiger partial charge >= 0.3 is 0 Å². The molecule has 0 unspecified atom stereocenters. The van der Waals surface area contributed by atoms with Crippen molar-refractivity contribution in [2.24, 2.45) is 5.92 Å². The van der Waals surface area contributed by atoms with Crippen LogP contribution in [0.15, 0.2) is 42.1 Å². The Labute approximate surface area is 99.2 Å². The topological polar surface area (TPSA) is 17.1 Å². The Morgan fingerprint density at radius 1 is 1.19 bits per heavy atom. The van der Waals surface area contributed by atoms with E-state index >= 15 is 0 Å². The molecular formula is C14H20OSi. The van der Waals surface area contributed by atoms with Crippen molar-refractivity contribution in [3.8, 4) is 0 Å². The van der Waals surface area contributed by atoms with Gasteiger partial charge in [-0.3, -0.25) is 4.79 Å². The smallest absolute Gasteiger partial charge is 0.157 e. The Morgan fingerprint density at radius 3 is 2.25 bits per heavy atom. The van der Waals surface area contributed by atoms with Crippen LogP contribution in [0.4, 0.5) is 0 Å². The molecule has 0 bridgehead atoms. The molecule has 1 aromatic rings. The molecule has 0 aliphatic carbocycles. The fourth-order valence-electron chi connectivity index (χ4n) is 1.45. The van der Waals surface area contributed by atoms with E-state index < -0.39 is 8.07 Å². The van der Waals surface area contributed by atoms with Gasteiger partial charge in [-0.05, 0) is 6.08 Å². The summed E-state index contributed by atoms with van der Waals surface area (Å²) in [6.07, 6.45) is 1.77. The first-order valence-corrected chi connectivity index (χ1v) is 8.80. The van der Waals surface area contributed by atoms with Crippen LogP contribution in [0.1, 0.15) is 13.8 Å². The summed E-state index contributed by atoms with van der Waals surface area (Å²) in [7, 11) is -1.59. The molecule has 0 radical (unpaired) electrons.